The zero-order valence-electron chi connectivity index (χ0n) is 13.3. The Bertz CT molecular complexity index is 445. The summed E-state index contributed by atoms with van der Waals surface area (Å²) < 4.78 is 0. The summed E-state index contributed by atoms with van der Waals surface area (Å²) in [6, 6.07) is 9.91. The van der Waals surface area contributed by atoms with Crippen molar-refractivity contribution < 1.29 is 9.59 Å². The second-order valence-corrected chi connectivity index (χ2v) is 5.35. The van der Waals surface area contributed by atoms with Crippen molar-refractivity contribution in [3.8, 4) is 0 Å². The Morgan fingerprint density at radius 3 is 2.33 bits per heavy atom. The summed E-state index contributed by atoms with van der Waals surface area (Å²) in [7, 11) is 1.81. The highest BCUT2D eigenvalue weighted by atomic mass is 16.2. The number of hydrogen-bond acceptors (Lipinski definition) is 2. The first-order valence-corrected chi connectivity index (χ1v) is 7.58. The van der Waals surface area contributed by atoms with E-state index in [1.165, 1.54) is 0 Å². The van der Waals surface area contributed by atoms with E-state index in [0.29, 0.717) is 19.5 Å². The molecule has 0 N–H and O–H groups in total. The molecule has 0 aliphatic carbocycles. The topological polar surface area (TPSA) is 40.6 Å². The molecule has 0 aliphatic heterocycles. The Kier molecular flexibility index (Phi) is 7.51. The molecular weight excluding hydrogens is 264 g/mol. The number of amides is 2. The number of rotatable bonds is 8. The van der Waals surface area contributed by atoms with Crippen molar-refractivity contribution in [2.24, 2.45) is 0 Å². The lowest BCUT2D eigenvalue weighted by molar-refractivity contribution is -0.133. The standard InChI is InChI=1S/C17H26N2O2/c1-4-5-12-19(15(2)20)13-11-17(21)18(3)14-16-9-7-6-8-10-16/h6-10H,4-5,11-14H2,1-3H3. The van der Waals surface area contributed by atoms with Crippen molar-refractivity contribution in [3.63, 3.8) is 0 Å². The van der Waals surface area contributed by atoms with Crippen molar-refractivity contribution in [2.75, 3.05) is 20.1 Å². The van der Waals surface area contributed by atoms with Crippen molar-refractivity contribution >= 4 is 11.8 Å². The van der Waals surface area contributed by atoms with Gasteiger partial charge in [0, 0.05) is 40.0 Å². The van der Waals surface area contributed by atoms with Crippen LogP contribution in [0.25, 0.3) is 0 Å². The van der Waals surface area contributed by atoms with Gasteiger partial charge in [-0.1, -0.05) is 43.7 Å². The van der Waals surface area contributed by atoms with E-state index in [0.717, 1.165) is 24.9 Å². The van der Waals surface area contributed by atoms with Gasteiger partial charge in [-0.3, -0.25) is 9.59 Å². The first-order chi connectivity index (χ1) is 10.0. The quantitative estimate of drug-likeness (QED) is 0.738. The fourth-order valence-electron chi connectivity index (χ4n) is 2.14. The minimum absolute atomic E-state index is 0.0435. The molecule has 21 heavy (non-hydrogen) atoms. The van der Waals surface area contributed by atoms with Crippen LogP contribution >= 0.6 is 0 Å². The Balaban J connectivity index is 2.42. The molecule has 0 unspecified atom stereocenters. The van der Waals surface area contributed by atoms with Gasteiger partial charge in [0.1, 0.15) is 0 Å². The third-order valence-electron chi connectivity index (χ3n) is 3.51. The number of nitrogens with zero attached hydrogens (tertiary/aromatic N) is 2. The molecule has 116 valence electrons. The van der Waals surface area contributed by atoms with E-state index in [2.05, 4.69) is 6.92 Å². The number of carbonyl (C=O) groups is 2. The van der Waals surface area contributed by atoms with Crippen LogP contribution in [0.15, 0.2) is 30.3 Å². The first-order valence-electron chi connectivity index (χ1n) is 7.58. The van der Waals surface area contributed by atoms with Gasteiger partial charge in [-0.15, -0.1) is 0 Å². The summed E-state index contributed by atoms with van der Waals surface area (Å²) in [5, 5.41) is 0. The normalized spacial score (nSPS) is 10.2. The molecule has 0 bridgehead atoms. The minimum Gasteiger partial charge on any atom is -0.342 e. The van der Waals surface area contributed by atoms with Gasteiger partial charge in [0.05, 0.1) is 0 Å². The second kappa shape index (κ2) is 9.16. The third-order valence-corrected chi connectivity index (χ3v) is 3.51. The SMILES string of the molecule is CCCCN(CCC(=O)N(C)Cc1ccccc1)C(C)=O. The molecule has 1 aromatic carbocycles. The zero-order chi connectivity index (χ0) is 15.7. The molecule has 2 amide bonds. The highest BCUT2D eigenvalue weighted by Gasteiger charge is 2.13. The Morgan fingerprint density at radius 1 is 1.10 bits per heavy atom. The maximum Gasteiger partial charge on any atom is 0.224 e. The zero-order valence-corrected chi connectivity index (χ0v) is 13.3. The number of carbonyl (C=O) groups excluding carboxylic acids is 2. The summed E-state index contributed by atoms with van der Waals surface area (Å²) in [6.07, 6.45) is 2.41. The van der Waals surface area contributed by atoms with Crippen LogP contribution in [0.5, 0.6) is 0 Å². The Hall–Kier alpha value is -1.84. The maximum atomic E-state index is 12.1. The predicted molar refractivity (Wildman–Crippen MR) is 84.7 cm³/mol. The molecule has 0 aromatic heterocycles. The van der Waals surface area contributed by atoms with Gasteiger partial charge in [-0.05, 0) is 12.0 Å². The molecule has 4 heteroatoms. The number of unbranched alkanes of at least 4 members (excludes halogenated alkanes) is 1. The van der Waals surface area contributed by atoms with Crippen LogP contribution in [0.1, 0.15) is 38.7 Å². The molecule has 0 saturated carbocycles. The first kappa shape index (κ1) is 17.2. The van der Waals surface area contributed by atoms with Crippen molar-refractivity contribution in [1.82, 2.24) is 9.80 Å². The lowest BCUT2D eigenvalue weighted by Crippen LogP contribution is -2.35. The fraction of sp³-hybridized carbons (Fsp3) is 0.529. The third kappa shape index (κ3) is 6.43. The van der Waals surface area contributed by atoms with Gasteiger partial charge in [0.2, 0.25) is 11.8 Å². The summed E-state index contributed by atoms with van der Waals surface area (Å²) in [6.45, 7) is 5.51. The number of hydrogen-bond donors (Lipinski definition) is 0. The molecule has 0 aliphatic rings. The highest BCUT2D eigenvalue weighted by Crippen LogP contribution is 2.05. The average Bonchev–Trinajstić information content (AvgIpc) is 2.47. The minimum atomic E-state index is 0.0435. The van der Waals surface area contributed by atoms with Crippen molar-refractivity contribution in [3.05, 3.63) is 35.9 Å². The fourth-order valence-corrected chi connectivity index (χ4v) is 2.14. The largest absolute Gasteiger partial charge is 0.342 e. The van der Waals surface area contributed by atoms with Gasteiger partial charge in [-0.2, -0.15) is 0 Å². The molecule has 1 rings (SSSR count). The van der Waals surface area contributed by atoms with E-state index in [1.54, 1.807) is 23.8 Å². The molecule has 0 saturated heterocycles. The van der Waals surface area contributed by atoms with Gasteiger partial charge in [-0.25, -0.2) is 0 Å². The summed E-state index contributed by atoms with van der Waals surface area (Å²) in [4.78, 5) is 27.1. The van der Waals surface area contributed by atoms with E-state index in [9.17, 15) is 9.59 Å². The monoisotopic (exact) mass is 290 g/mol. The van der Waals surface area contributed by atoms with E-state index in [1.807, 2.05) is 30.3 Å². The van der Waals surface area contributed by atoms with Crippen LogP contribution in [0.2, 0.25) is 0 Å². The summed E-state index contributed by atoms with van der Waals surface area (Å²) >= 11 is 0. The van der Waals surface area contributed by atoms with Crippen LogP contribution in [-0.2, 0) is 16.1 Å². The molecule has 0 heterocycles. The van der Waals surface area contributed by atoms with Crippen molar-refractivity contribution in [2.45, 2.75) is 39.7 Å². The van der Waals surface area contributed by atoms with Gasteiger partial charge in [0.15, 0.2) is 0 Å². The summed E-state index contributed by atoms with van der Waals surface area (Å²) in [5.41, 5.74) is 1.11. The molecular formula is C17H26N2O2. The van der Waals surface area contributed by atoms with E-state index in [-0.39, 0.29) is 11.8 Å². The molecule has 0 atom stereocenters. The lowest BCUT2D eigenvalue weighted by atomic mass is 10.2. The van der Waals surface area contributed by atoms with Gasteiger partial charge < -0.3 is 9.80 Å². The Labute approximate surface area is 127 Å². The summed E-state index contributed by atoms with van der Waals surface area (Å²) in [5.74, 6) is 0.114. The van der Waals surface area contributed by atoms with Crippen LogP contribution in [0, 0.1) is 0 Å². The van der Waals surface area contributed by atoms with Crippen LogP contribution in [0.4, 0.5) is 0 Å². The molecule has 0 fully saturated rings. The van der Waals surface area contributed by atoms with Gasteiger partial charge in [0.25, 0.3) is 0 Å². The van der Waals surface area contributed by atoms with E-state index in [4.69, 9.17) is 0 Å². The van der Waals surface area contributed by atoms with Crippen LogP contribution in [0.3, 0.4) is 0 Å². The lowest BCUT2D eigenvalue weighted by Gasteiger charge is -2.23. The van der Waals surface area contributed by atoms with Crippen molar-refractivity contribution in [1.29, 1.82) is 0 Å². The average molecular weight is 290 g/mol. The highest BCUT2D eigenvalue weighted by molar-refractivity contribution is 5.78. The molecule has 1 aromatic rings. The molecule has 0 spiro atoms. The molecule has 0 radical (unpaired) electrons. The number of benzene rings is 1. The van der Waals surface area contributed by atoms with Crippen LogP contribution in [-0.4, -0.2) is 41.8 Å². The maximum absolute atomic E-state index is 12.1. The smallest absolute Gasteiger partial charge is 0.224 e. The predicted octanol–water partition coefficient (Wildman–Crippen LogP) is 2.68. The van der Waals surface area contributed by atoms with Crippen LogP contribution < -0.4 is 0 Å². The van der Waals surface area contributed by atoms with E-state index < -0.39 is 0 Å². The van der Waals surface area contributed by atoms with Gasteiger partial charge >= 0.3 is 0 Å². The Morgan fingerprint density at radius 2 is 1.76 bits per heavy atom. The second-order valence-electron chi connectivity index (χ2n) is 5.35. The van der Waals surface area contributed by atoms with E-state index >= 15 is 0 Å². The molecule has 4 nitrogen and oxygen atoms in total.